The van der Waals surface area contributed by atoms with Crippen LogP contribution in [0.5, 0.6) is 0 Å². The van der Waals surface area contributed by atoms with Crippen LogP contribution in [0.3, 0.4) is 0 Å². The minimum atomic E-state index is -0.00762. The van der Waals surface area contributed by atoms with Crippen LogP contribution in [0.2, 0.25) is 0 Å². The molecule has 1 aliphatic heterocycles. The summed E-state index contributed by atoms with van der Waals surface area (Å²) in [6.45, 7) is 0.463. The van der Waals surface area contributed by atoms with E-state index in [-0.39, 0.29) is 5.91 Å². The van der Waals surface area contributed by atoms with Crippen molar-refractivity contribution in [2.45, 2.75) is 6.54 Å². The van der Waals surface area contributed by atoms with Crippen molar-refractivity contribution in [2.75, 3.05) is 4.90 Å². The molecule has 53 heavy (non-hydrogen) atoms. The fourth-order valence-corrected chi connectivity index (χ4v) is 8.15. The zero-order chi connectivity index (χ0) is 35.3. The average Bonchev–Trinajstić information content (AvgIpc) is 3.76. The smallest absolute Gasteiger partial charge is 0.261 e. The molecule has 1 aliphatic rings. The Morgan fingerprint density at radius 2 is 1.09 bits per heavy atom. The van der Waals surface area contributed by atoms with E-state index < -0.39 is 0 Å². The number of carbonyl (C=O) groups excluding carboxylic acids is 1. The van der Waals surface area contributed by atoms with Gasteiger partial charge in [0.1, 0.15) is 0 Å². The van der Waals surface area contributed by atoms with Crippen LogP contribution in [0.15, 0.2) is 188 Å². The SMILES string of the molecule is O=C1c2c(cccc2-n2c3ccccc3c3c(-c4cccnc4)cccc32)CN1c1c(-c2ccccc2)cc(-c2ccccc2)cc1-c1ccccc1. The summed E-state index contributed by atoms with van der Waals surface area (Å²) in [6.07, 6.45) is 3.72. The first-order valence-corrected chi connectivity index (χ1v) is 18.0. The van der Waals surface area contributed by atoms with Crippen molar-refractivity contribution in [3.05, 3.63) is 199 Å². The molecule has 0 bridgehead atoms. The second-order valence-corrected chi connectivity index (χ2v) is 13.5. The molecule has 0 N–H and O–H groups in total. The van der Waals surface area contributed by atoms with E-state index in [2.05, 4.69) is 161 Å². The molecule has 0 aliphatic carbocycles. The van der Waals surface area contributed by atoms with E-state index in [1.165, 1.54) is 0 Å². The summed E-state index contributed by atoms with van der Waals surface area (Å²) in [7, 11) is 0. The zero-order valence-corrected chi connectivity index (χ0v) is 28.9. The van der Waals surface area contributed by atoms with Crippen LogP contribution in [0.1, 0.15) is 15.9 Å². The summed E-state index contributed by atoms with van der Waals surface area (Å²) in [5.74, 6) is -0.00762. The number of rotatable bonds is 6. The standard InChI is InChI=1S/C49H33N3O/c53-49-46-37(21-12-26-44(46)52-43-25-11-10-23-40(43)47-39(24-13-27-45(47)52)36-22-14-28-50-31-36)32-51(49)48-41(34-17-6-2-7-18-34)29-38(33-15-4-1-5-16-33)30-42(48)35-19-8-3-9-20-35/h1-31H,32H2. The Morgan fingerprint density at radius 3 is 1.77 bits per heavy atom. The van der Waals surface area contributed by atoms with Gasteiger partial charge in [0.05, 0.1) is 34.5 Å². The fourth-order valence-electron chi connectivity index (χ4n) is 8.15. The average molecular weight is 680 g/mol. The van der Waals surface area contributed by atoms with E-state index in [0.717, 1.165) is 88.8 Å². The van der Waals surface area contributed by atoms with Crippen LogP contribution in [0.4, 0.5) is 5.69 Å². The Balaban J connectivity index is 1.21. The predicted octanol–water partition coefficient (Wildman–Crippen LogP) is 12.0. The number of carbonyl (C=O) groups is 1. The van der Waals surface area contributed by atoms with Gasteiger partial charge in [0.15, 0.2) is 0 Å². The number of anilines is 1. The molecule has 4 heteroatoms. The largest absolute Gasteiger partial charge is 0.308 e. The molecule has 0 fully saturated rings. The molecule has 0 spiro atoms. The Bertz CT molecular complexity index is 2750. The lowest BCUT2D eigenvalue weighted by molar-refractivity contribution is 0.0997. The first-order valence-electron chi connectivity index (χ1n) is 18.0. The van der Waals surface area contributed by atoms with Gasteiger partial charge in [-0.25, -0.2) is 0 Å². The third-order valence-corrected chi connectivity index (χ3v) is 10.5. The second-order valence-electron chi connectivity index (χ2n) is 13.5. The van der Waals surface area contributed by atoms with Crippen molar-refractivity contribution in [3.63, 3.8) is 0 Å². The van der Waals surface area contributed by atoms with Gasteiger partial charge in [-0.2, -0.15) is 0 Å². The number of pyridine rings is 1. The van der Waals surface area contributed by atoms with Crippen molar-refractivity contribution in [3.8, 4) is 50.2 Å². The highest BCUT2D eigenvalue weighted by Gasteiger charge is 2.35. The number of nitrogens with zero attached hydrogens (tertiary/aromatic N) is 3. The lowest BCUT2D eigenvalue weighted by atomic mass is 9.90. The van der Waals surface area contributed by atoms with Crippen LogP contribution in [-0.2, 0) is 6.54 Å². The van der Waals surface area contributed by atoms with E-state index >= 15 is 4.79 Å². The van der Waals surface area contributed by atoms with Crippen LogP contribution < -0.4 is 4.90 Å². The van der Waals surface area contributed by atoms with Crippen molar-refractivity contribution >= 4 is 33.4 Å². The normalized spacial score (nSPS) is 12.5. The molecule has 0 saturated carbocycles. The van der Waals surface area contributed by atoms with Gasteiger partial charge in [-0.1, -0.05) is 140 Å². The van der Waals surface area contributed by atoms with Gasteiger partial charge in [0, 0.05) is 39.9 Å². The Labute approximate surface area is 307 Å². The van der Waals surface area contributed by atoms with Gasteiger partial charge in [-0.3, -0.25) is 9.78 Å². The first-order chi connectivity index (χ1) is 26.2. The van der Waals surface area contributed by atoms with Gasteiger partial charge >= 0.3 is 0 Å². The molecule has 0 unspecified atom stereocenters. The maximum atomic E-state index is 15.3. The summed E-state index contributed by atoms with van der Waals surface area (Å²) in [5, 5.41) is 2.28. The maximum absolute atomic E-state index is 15.3. The number of aromatic nitrogens is 2. The monoisotopic (exact) mass is 679 g/mol. The number of hydrogen-bond acceptors (Lipinski definition) is 2. The summed E-state index contributed by atoms with van der Waals surface area (Å²) >= 11 is 0. The molecule has 3 heterocycles. The topological polar surface area (TPSA) is 38.1 Å². The molecular weight excluding hydrogens is 647 g/mol. The molecule has 250 valence electrons. The van der Waals surface area contributed by atoms with Gasteiger partial charge in [-0.15, -0.1) is 0 Å². The first kappa shape index (κ1) is 30.8. The second kappa shape index (κ2) is 12.6. The number of para-hydroxylation sites is 1. The van der Waals surface area contributed by atoms with E-state index in [0.29, 0.717) is 6.54 Å². The highest BCUT2D eigenvalue weighted by Crippen LogP contribution is 2.47. The Hall–Kier alpha value is -7.04. The predicted molar refractivity (Wildman–Crippen MR) is 217 cm³/mol. The summed E-state index contributed by atoms with van der Waals surface area (Å²) in [6, 6.07) is 61.2. The lowest BCUT2D eigenvalue weighted by Crippen LogP contribution is -2.25. The quantitative estimate of drug-likeness (QED) is 0.175. The molecule has 1 amide bonds. The molecule has 0 atom stereocenters. The van der Waals surface area contributed by atoms with Gasteiger partial charge < -0.3 is 9.47 Å². The van der Waals surface area contributed by atoms with E-state index in [1.807, 2.05) is 35.4 Å². The zero-order valence-electron chi connectivity index (χ0n) is 28.9. The molecule has 7 aromatic carbocycles. The number of fused-ring (bicyclic) bond motifs is 4. The molecule has 10 rings (SSSR count). The van der Waals surface area contributed by atoms with Crippen molar-refractivity contribution < 1.29 is 4.79 Å². The summed E-state index contributed by atoms with van der Waals surface area (Å²) in [4.78, 5) is 21.7. The molecule has 4 nitrogen and oxygen atoms in total. The molecule has 2 aromatic heterocycles. The maximum Gasteiger partial charge on any atom is 0.261 e. The number of hydrogen-bond donors (Lipinski definition) is 0. The number of benzene rings is 7. The Morgan fingerprint density at radius 1 is 0.491 bits per heavy atom. The molecule has 0 saturated heterocycles. The van der Waals surface area contributed by atoms with E-state index in [4.69, 9.17) is 0 Å². The molecular formula is C49H33N3O. The minimum Gasteiger partial charge on any atom is -0.308 e. The highest BCUT2D eigenvalue weighted by molar-refractivity contribution is 6.19. The van der Waals surface area contributed by atoms with E-state index in [9.17, 15) is 0 Å². The summed E-state index contributed by atoms with van der Waals surface area (Å²) < 4.78 is 2.28. The van der Waals surface area contributed by atoms with Crippen LogP contribution in [0, 0.1) is 0 Å². The fraction of sp³-hybridized carbons (Fsp3) is 0.0204. The Kier molecular flexibility index (Phi) is 7.33. The van der Waals surface area contributed by atoms with Crippen LogP contribution >= 0.6 is 0 Å². The van der Waals surface area contributed by atoms with E-state index in [1.54, 1.807) is 6.20 Å². The van der Waals surface area contributed by atoms with Crippen molar-refractivity contribution in [1.82, 2.24) is 9.55 Å². The third kappa shape index (κ3) is 5.07. The molecule has 0 radical (unpaired) electrons. The van der Waals surface area contributed by atoms with Crippen LogP contribution in [-0.4, -0.2) is 15.5 Å². The van der Waals surface area contributed by atoms with Crippen molar-refractivity contribution in [1.29, 1.82) is 0 Å². The minimum absolute atomic E-state index is 0.00762. The lowest BCUT2D eigenvalue weighted by Gasteiger charge is -2.25. The van der Waals surface area contributed by atoms with Crippen molar-refractivity contribution in [2.24, 2.45) is 0 Å². The summed E-state index contributed by atoms with van der Waals surface area (Å²) in [5.41, 5.74) is 14.2. The highest BCUT2D eigenvalue weighted by atomic mass is 16.2. The third-order valence-electron chi connectivity index (χ3n) is 10.5. The number of amides is 1. The van der Waals surface area contributed by atoms with Crippen LogP contribution in [0.25, 0.3) is 72.0 Å². The van der Waals surface area contributed by atoms with Gasteiger partial charge in [0.25, 0.3) is 5.91 Å². The van der Waals surface area contributed by atoms with Gasteiger partial charge in [-0.05, 0) is 69.8 Å². The molecule has 9 aromatic rings. The van der Waals surface area contributed by atoms with Gasteiger partial charge in [0.2, 0.25) is 0 Å².